The molecule has 0 spiro atoms. The van der Waals surface area contributed by atoms with Gasteiger partial charge in [-0.25, -0.2) is 9.48 Å². The molecule has 0 saturated carbocycles. The van der Waals surface area contributed by atoms with E-state index in [1.165, 1.54) is 11.3 Å². The van der Waals surface area contributed by atoms with Crippen LogP contribution >= 0.6 is 0 Å². The fourth-order valence-corrected chi connectivity index (χ4v) is 3.76. The summed E-state index contributed by atoms with van der Waals surface area (Å²) in [4.78, 5) is 11.4. The molecule has 0 aliphatic carbocycles. The van der Waals surface area contributed by atoms with Crippen LogP contribution < -0.4 is 0 Å². The minimum Gasteiger partial charge on any atom is -0.475 e. The number of aryl methyl sites for hydroxylation is 2. The van der Waals surface area contributed by atoms with Gasteiger partial charge in [0.25, 0.3) is 0 Å². The van der Waals surface area contributed by atoms with Crippen LogP contribution in [0.5, 0.6) is 0 Å². The van der Waals surface area contributed by atoms with Gasteiger partial charge in [0.1, 0.15) is 0 Å². The summed E-state index contributed by atoms with van der Waals surface area (Å²) in [5.41, 5.74) is 4.70. The van der Waals surface area contributed by atoms with E-state index in [1.54, 1.807) is 0 Å². The van der Waals surface area contributed by atoms with E-state index in [0.29, 0.717) is 6.04 Å². The Morgan fingerprint density at radius 2 is 1.82 bits per heavy atom. The molecule has 1 N–H and O–H groups in total. The highest BCUT2D eigenvalue weighted by Gasteiger charge is 2.38. The molecule has 1 saturated heterocycles. The maximum absolute atomic E-state index is 10.6. The van der Waals surface area contributed by atoms with E-state index >= 15 is 0 Å². The lowest BCUT2D eigenvalue weighted by Gasteiger charge is -2.31. The average molecular weight is 464 g/mol. The van der Waals surface area contributed by atoms with E-state index in [0.717, 1.165) is 50.3 Å². The van der Waals surface area contributed by atoms with Crippen LogP contribution in [-0.4, -0.2) is 60.0 Å². The van der Waals surface area contributed by atoms with Crippen LogP contribution in [0.4, 0.5) is 13.2 Å². The van der Waals surface area contributed by atoms with Gasteiger partial charge in [-0.2, -0.15) is 18.3 Å². The first-order valence-electron chi connectivity index (χ1n) is 10.6. The summed E-state index contributed by atoms with van der Waals surface area (Å²) < 4.78 is 35.8. The van der Waals surface area contributed by atoms with Gasteiger partial charge >= 0.3 is 12.1 Å². The monoisotopic (exact) mass is 464 g/mol. The molecule has 4 rings (SSSR count). The number of alkyl halides is 3. The van der Waals surface area contributed by atoms with Crippen molar-refractivity contribution in [3.8, 4) is 0 Å². The van der Waals surface area contributed by atoms with Gasteiger partial charge in [-0.05, 0) is 31.4 Å². The van der Waals surface area contributed by atoms with Gasteiger partial charge < -0.3 is 5.11 Å². The summed E-state index contributed by atoms with van der Waals surface area (Å²) in [6, 6.07) is 13.1. The molecular weight excluding hydrogens is 437 g/mol. The summed E-state index contributed by atoms with van der Waals surface area (Å²) >= 11 is 0. The lowest BCUT2D eigenvalue weighted by molar-refractivity contribution is -0.192. The summed E-state index contributed by atoms with van der Waals surface area (Å²) in [6.07, 6.45) is 0.118. The van der Waals surface area contributed by atoms with Crippen molar-refractivity contribution in [3.05, 3.63) is 65.2 Å². The molecular formula is C22H27F3N6O2. The van der Waals surface area contributed by atoms with Crippen molar-refractivity contribution in [2.75, 3.05) is 13.1 Å². The van der Waals surface area contributed by atoms with Crippen LogP contribution in [0, 0.1) is 6.92 Å². The molecule has 1 aliphatic heterocycles. The lowest BCUT2D eigenvalue weighted by Crippen LogP contribution is -2.34. The molecule has 0 bridgehead atoms. The van der Waals surface area contributed by atoms with Crippen LogP contribution in [-0.2, 0) is 24.8 Å². The van der Waals surface area contributed by atoms with Crippen molar-refractivity contribution >= 4 is 5.97 Å². The molecule has 0 atom stereocenters. The predicted octanol–water partition coefficient (Wildman–Crippen LogP) is 3.38. The number of halogens is 3. The Kier molecular flexibility index (Phi) is 7.85. The van der Waals surface area contributed by atoms with E-state index in [9.17, 15) is 13.2 Å². The summed E-state index contributed by atoms with van der Waals surface area (Å²) in [5, 5.41) is 20.3. The molecule has 1 fully saturated rings. The topological polar surface area (TPSA) is 89.1 Å². The second kappa shape index (κ2) is 10.6. The number of rotatable bonds is 5. The van der Waals surface area contributed by atoms with Crippen molar-refractivity contribution in [3.63, 3.8) is 0 Å². The number of carboxylic acid groups (broad SMARTS) is 1. The van der Waals surface area contributed by atoms with Crippen LogP contribution in [0.2, 0.25) is 0 Å². The summed E-state index contributed by atoms with van der Waals surface area (Å²) in [5.74, 6) is -2.76. The number of piperidine rings is 1. The SMILES string of the molecule is Cc1cc(CN2CCC(n3cc(Cc4ccccc4)nn3)CC2)n(C)n1.O=C(O)C(F)(F)F. The Balaban J connectivity index is 0.000000383. The largest absolute Gasteiger partial charge is 0.490 e. The highest BCUT2D eigenvalue weighted by Crippen LogP contribution is 2.23. The first-order valence-corrected chi connectivity index (χ1v) is 10.6. The lowest BCUT2D eigenvalue weighted by atomic mass is 10.0. The zero-order valence-electron chi connectivity index (χ0n) is 18.5. The Morgan fingerprint density at radius 3 is 2.36 bits per heavy atom. The van der Waals surface area contributed by atoms with E-state index in [2.05, 4.69) is 61.5 Å². The highest BCUT2D eigenvalue weighted by molar-refractivity contribution is 5.73. The predicted molar refractivity (Wildman–Crippen MR) is 114 cm³/mol. The van der Waals surface area contributed by atoms with Gasteiger partial charge in [-0.3, -0.25) is 9.58 Å². The van der Waals surface area contributed by atoms with Gasteiger partial charge in [0.05, 0.1) is 23.1 Å². The molecule has 3 aromatic rings. The van der Waals surface area contributed by atoms with Crippen LogP contribution in [0.25, 0.3) is 0 Å². The number of aliphatic carboxylic acids is 1. The average Bonchev–Trinajstić information content (AvgIpc) is 3.35. The number of carboxylic acids is 1. The molecule has 1 aliphatic rings. The Hall–Kier alpha value is -3.21. The Morgan fingerprint density at radius 1 is 1.18 bits per heavy atom. The van der Waals surface area contributed by atoms with Gasteiger partial charge in [0.15, 0.2) is 0 Å². The zero-order chi connectivity index (χ0) is 24.0. The van der Waals surface area contributed by atoms with Crippen LogP contribution in [0.3, 0.4) is 0 Å². The van der Waals surface area contributed by atoms with E-state index in [-0.39, 0.29) is 0 Å². The first kappa shape index (κ1) is 24.4. The molecule has 178 valence electrons. The molecule has 1 aromatic carbocycles. The minimum atomic E-state index is -5.08. The standard InChI is InChI=1S/C20H26N6.C2HF3O2/c1-16-12-20(24(2)22-16)15-25-10-8-19(9-11-25)26-14-18(21-23-26)13-17-6-4-3-5-7-17;3-2(4,5)1(6)7/h3-7,12,14,19H,8-11,13,15H2,1-2H3;(H,6,7). The number of aromatic nitrogens is 5. The fourth-order valence-electron chi connectivity index (χ4n) is 3.76. The van der Waals surface area contributed by atoms with Crippen LogP contribution in [0.15, 0.2) is 42.6 Å². The number of benzene rings is 1. The zero-order valence-corrected chi connectivity index (χ0v) is 18.5. The number of likely N-dealkylation sites (tertiary alicyclic amines) is 1. The van der Waals surface area contributed by atoms with Crippen LogP contribution in [0.1, 0.15) is 41.5 Å². The van der Waals surface area contributed by atoms with Gasteiger partial charge in [0, 0.05) is 39.3 Å². The molecule has 0 amide bonds. The molecule has 0 unspecified atom stereocenters. The second-order valence-electron chi connectivity index (χ2n) is 8.06. The van der Waals surface area contributed by atoms with Crippen molar-refractivity contribution in [2.45, 2.75) is 44.9 Å². The molecule has 2 aromatic heterocycles. The molecule has 11 heteroatoms. The summed E-state index contributed by atoms with van der Waals surface area (Å²) in [6.45, 7) is 5.19. The van der Waals surface area contributed by atoms with E-state index in [1.807, 2.05) is 24.7 Å². The maximum Gasteiger partial charge on any atom is 0.490 e. The Labute approximate surface area is 189 Å². The van der Waals surface area contributed by atoms with Crippen molar-refractivity contribution in [1.82, 2.24) is 29.7 Å². The number of hydrogen-bond donors (Lipinski definition) is 1. The van der Waals surface area contributed by atoms with E-state index in [4.69, 9.17) is 9.90 Å². The van der Waals surface area contributed by atoms with Gasteiger partial charge in [0.2, 0.25) is 0 Å². The van der Waals surface area contributed by atoms with E-state index < -0.39 is 12.1 Å². The van der Waals surface area contributed by atoms with Crippen molar-refractivity contribution in [2.24, 2.45) is 7.05 Å². The smallest absolute Gasteiger partial charge is 0.475 e. The molecule has 0 radical (unpaired) electrons. The number of carbonyl (C=O) groups is 1. The number of hydrogen-bond acceptors (Lipinski definition) is 5. The van der Waals surface area contributed by atoms with Gasteiger partial charge in [-0.1, -0.05) is 35.5 Å². The third-order valence-corrected chi connectivity index (χ3v) is 5.44. The third-order valence-electron chi connectivity index (χ3n) is 5.44. The summed E-state index contributed by atoms with van der Waals surface area (Å²) in [7, 11) is 2.03. The highest BCUT2D eigenvalue weighted by atomic mass is 19.4. The fraction of sp³-hybridized carbons (Fsp3) is 0.455. The number of nitrogens with zero attached hydrogens (tertiary/aromatic N) is 6. The normalized spacial score (nSPS) is 15.2. The maximum atomic E-state index is 10.6. The molecule has 8 nitrogen and oxygen atoms in total. The minimum absolute atomic E-state index is 0.455. The Bertz CT molecular complexity index is 1040. The third kappa shape index (κ3) is 7.14. The molecule has 3 heterocycles. The quantitative estimate of drug-likeness (QED) is 0.623. The van der Waals surface area contributed by atoms with Gasteiger partial charge in [-0.15, -0.1) is 5.10 Å². The second-order valence-corrected chi connectivity index (χ2v) is 8.06. The van der Waals surface area contributed by atoms with Crippen molar-refractivity contribution in [1.29, 1.82) is 0 Å². The first-order chi connectivity index (χ1) is 15.6. The van der Waals surface area contributed by atoms with Crippen molar-refractivity contribution < 1.29 is 23.1 Å². The molecule has 33 heavy (non-hydrogen) atoms.